The maximum atomic E-state index is 12.5. The first kappa shape index (κ1) is 34.4. The Bertz CT molecular complexity index is 1330. The van der Waals surface area contributed by atoms with E-state index in [1.165, 1.54) is 21.6 Å². The number of aromatic nitrogens is 2. The second kappa shape index (κ2) is 13.9. The topological polar surface area (TPSA) is 259 Å². The zero-order valence-electron chi connectivity index (χ0n) is 20.7. The van der Waals surface area contributed by atoms with E-state index in [2.05, 4.69) is 25.4 Å². The predicted molar refractivity (Wildman–Crippen MR) is 140 cm³/mol. The van der Waals surface area contributed by atoms with Gasteiger partial charge in [-0.25, -0.2) is 18.5 Å². The molecular formula is C17H28N3O14P3S2. The van der Waals surface area contributed by atoms with E-state index in [1.807, 2.05) is 20.8 Å². The summed E-state index contributed by atoms with van der Waals surface area (Å²) in [5, 5.41) is 0. The zero-order chi connectivity index (χ0) is 29.6. The van der Waals surface area contributed by atoms with Crippen LogP contribution in [-0.2, 0) is 36.3 Å². The van der Waals surface area contributed by atoms with Crippen LogP contribution in [0.5, 0.6) is 0 Å². The highest BCUT2D eigenvalue weighted by molar-refractivity contribution is 8.77. The molecule has 0 bridgehead atoms. The maximum absolute atomic E-state index is 12.5. The van der Waals surface area contributed by atoms with Gasteiger partial charge in [0.2, 0.25) is 0 Å². The number of ether oxygens (including phenoxy) is 2. The molecule has 0 saturated carbocycles. The van der Waals surface area contributed by atoms with Gasteiger partial charge in [0.1, 0.15) is 23.8 Å². The Labute approximate surface area is 230 Å². The fourth-order valence-corrected chi connectivity index (χ4v) is 7.95. The number of aromatic amines is 1. The molecule has 222 valence electrons. The minimum absolute atomic E-state index is 0.000870. The summed E-state index contributed by atoms with van der Waals surface area (Å²) >= 11 is 0. The van der Waals surface area contributed by atoms with Crippen molar-refractivity contribution in [3.05, 3.63) is 32.6 Å². The second-order valence-corrected chi connectivity index (χ2v) is 16.1. The molecule has 0 amide bonds. The van der Waals surface area contributed by atoms with Crippen molar-refractivity contribution in [2.45, 2.75) is 50.4 Å². The van der Waals surface area contributed by atoms with E-state index >= 15 is 0 Å². The third-order valence-electron chi connectivity index (χ3n) is 4.24. The summed E-state index contributed by atoms with van der Waals surface area (Å²) in [6.45, 7) is 5.12. The molecule has 0 aromatic carbocycles. The molecule has 1 aliphatic heterocycles. The lowest BCUT2D eigenvalue weighted by atomic mass is 10.2. The molecule has 1 aromatic rings. The number of nitrogens with two attached hydrogens (primary N) is 1. The van der Waals surface area contributed by atoms with Crippen molar-refractivity contribution < 1.29 is 55.9 Å². The lowest BCUT2D eigenvalue weighted by Gasteiger charge is -2.22. The lowest BCUT2D eigenvalue weighted by Crippen LogP contribution is -2.33. The Kier molecular flexibility index (Phi) is 12.3. The minimum atomic E-state index is -5.72. The first-order valence-corrected chi connectivity index (χ1v) is 17.6. The Morgan fingerprint density at radius 3 is 2.44 bits per heavy atom. The largest absolute Gasteiger partial charge is 0.490 e. The van der Waals surface area contributed by atoms with E-state index in [0.29, 0.717) is 0 Å². The van der Waals surface area contributed by atoms with Gasteiger partial charge < -0.3 is 34.8 Å². The third-order valence-corrected chi connectivity index (χ3v) is 11.0. The SMILES string of the molecule is CC(C)(C)SSCO[C@@H]1C[C@H](n2cc(C#CCN)c(=O)[nH]c2=O)O[C@@H]1COP(=O)(O)OP(=O)(O)OP(=O)(O)O. The summed E-state index contributed by atoms with van der Waals surface area (Å²) < 4.78 is 59.1. The molecule has 1 saturated heterocycles. The van der Waals surface area contributed by atoms with Crippen molar-refractivity contribution in [3.8, 4) is 11.8 Å². The standard InChI is InChI=1S/C17H28N3O14P3S2/c1-17(2,3)39-38-10-30-12-7-14(20-8-11(5-4-6-18)15(21)19-16(20)22)32-13(12)9-31-36(26,27)34-37(28,29)33-35(23,24)25/h8,12-14H,6-7,9-10,18H2,1-3H3,(H,26,27)(H,28,29)(H,19,21,22)(H2,23,24,25)/t12-,13-,14-/m1/s1. The Balaban J connectivity index is 2.22. The van der Waals surface area contributed by atoms with Gasteiger partial charge in [-0.3, -0.25) is 18.9 Å². The van der Waals surface area contributed by atoms with Crippen LogP contribution in [0.25, 0.3) is 0 Å². The molecule has 2 unspecified atom stereocenters. The normalized spacial score (nSPS) is 23.0. The molecule has 1 aliphatic rings. The van der Waals surface area contributed by atoms with Crippen LogP contribution in [0.1, 0.15) is 39.0 Å². The van der Waals surface area contributed by atoms with Crippen molar-refractivity contribution in [3.63, 3.8) is 0 Å². The molecule has 17 nitrogen and oxygen atoms in total. The van der Waals surface area contributed by atoms with Gasteiger partial charge in [-0.2, -0.15) is 8.62 Å². The molecule has 2 rings (SSSR count). The summed E-state index contributed by atoms with van der Waals surface area (Å²) in [4.78, 5) is 63.0. The van der Waals surface area contributed by atoms with E-state index in [9.17, 15) is 33.1 Å². The van der Waals surface area contributed by atoms with Crippen LogP contribution < -0.4 is 17.0 Å². The summed E-state index contributed by atoms with van der Waals surface area (Å²) in [5.74, 6) is 5.14. The third kappa shape index (κ3) is 12.3. The van der Waals surface area contributed by atoms with Gasteiger partial charge in [0.05, 0.1) is 19.3 Å². The number of rotatable bonds is 12. The molecule has 1 aromatic heterocycles. The van der Waals surface area contributed by atoms with Crippen LogP contribution in [0.4, 0.5) is 0 Å². The first-order chi connectivity index (χ1) is 17.8. The highest BCUT2D eigenvalue weighted by Gasteiger charge is 2.43. The highest BCUT2D eigenvalue weighted by atomic mass is 33.1. The van der Waals surface area contributed by atoms with E-state index in [1.54, 1.807) is 0 Å². The average Bonchev–Trinajstić information content (AvgIpc) is 3.14. The molecule has 0 aliphatic carbocycles. The van der Waals surface area contributed by atoms with E-state index in [-0.39, 0.29) is 29.2 Å². The summed E-state index contributed by atoms with van der Waals surface area (Å²) in [6, 6.07) is 0. The fraction of sp³-hybridized carbons (Fsp3) is 0.647. The van der Waals surface area contributed by atoms with Crippen molar-refractivity contribution >= 4 is 45.1 Å². The molecule has 0 radical (unpaired) electrons. The van der Waals surface area contributed by atoms with Crippen LogP contribution >= 0.6 is 45.1 Å². The van der Waals surface area contributed by atoms with Gasteiger partial charge >= 0.3 is 29.2 Å². The molecule has 1 fully saturated rings. The van der Waals surface area contributed by atoms with Gasteiger partial charge in [-0.15, -0.1) is 0 Å². The highest BCUT2D eigenvalue weighted by Crippen LogP contribution is 2.66. The summed E-state index contributed by atoms with van der Waals surface area (Å²) in [5.41, 5.74) is 3.67. The number of nitrogens with one attached hydrogen (secondary N) is 1. The molecule has 39 heavy (non-hydrogen) atoms. The number of H-pyrrole nitrogens is 1. The number of phosphoric acid groups is 3. The maximum Gasteiger partial charge on any atom is 0.490 e. The van der Waals surface area contributed by atoms with Crippen LogP contribution in [0.2, 0.25) is 0 Å². The van der Waals surface area contributed by atoms with Crippen molar-refractivity contribution in [2.24, 2.45) is 5.73 Å². The molecule has 5 atom stereocenters. The lowest BCUT2D eigenvalue weighted by molar-refractivity contribution is -0.0543. The molecule has 7 N–H and O–H groups in total. The van der Waals surface area contributed by atoms with Crippen molar-refractivity contribution in [2.75, 3.05) is 19.1 Å². The number of phosphoric ester groups is 1. The Hall–Kier alpha value is -0.770. The molecule has 2 heterocycles. The molecule has 22 heteroatoms. The second-order valence-electron chi connectivity index (χ2n) is 8.60. The smallest absolute Gasteiger partial charge is 0.364 e. The van der Waals surface area contributed by atoms with Crippen molar-refractivity contribution in [1.29, 1.82) is 0 Å². The van der Waals surface area contributed by atoms with Crippen LogP contribution in [0.3, 0.4) is 0 Å². The zero-order valence-corrected chi connectivity index (χ0v) is 25.0. The number of hydrogen-bond acceptors (Lipinski definition) is 13. The van der Waals surface area contributed by atoms with Gasteiger partial charge in [0, 0.05) is 17.4 Å². The minimum Gasteiger partial charge on any atom is -0.364 e. The van der Waals surface area contributed by atoms with Crippen LogP contribution in [-0.4, -0.2) is 65.2 Å². The first-order valence-electron chi connectivity index (χ1n) is 10.7. The fourth-order valence-electron chi connectivity index (χ4n) is 2.92. The monoisotopic (exact) mass is 655 g/mol. The van der Waals surface area contributed by atoms with E-state index in [0.717, 1.165) is 10.8 Å². The van der Waals surface area contributed by atoms with Gasteiger partial charge in [0.25, 0.3) is 5.56 Å². The molecule has 0 spiro atoms. The van der Waals surface area contributed by atoms with E-state index in [4.69, 9.17) is 29.5 Å². The Morgan fingerprint density at radius 1 is 1.18 bits per heavy atom. The van der Waals surface area contributed by atoms with Gasteiger partial charge in [0.15, 0.2) is 0 Å². The quantitative estimate of drug-likeness (QED) is 0.0603. The Morgan fingerprint density at radius 2 is 1.85 bits per heavy atom. The summed E-state index contributed by atoms with van der Waals surface area (Å²) in [7, 11) is -13.8. The molecular weight excluding hydrogens is 627 g/mol. The van der Waals surface area contributed by atoms with Crippen LogP contribution in [0.15, 0.2) is 15.8 Å². The van der Waals surface area contributed by atoms with E-state index < -0.39 is 59.8 Å². The predicted octanol–water partition coefficient (Wildman–Crippen LogP) is 1.00. The average molecular weight is 655 g/mol. The van der Waals surface area contributed by atoms with Crippen LogP contribution in [0, 0.1) is 11.8 Å². The number of nitrogens with zero attached hydrogens (tertiary/aromatic N) is 1. The van der Waals surface area contributed by atoms with Gasteiger partial charge in [-0.1, -0.05) is 54.2 Å². The van der Waals surface area contributed by atoms with Gasteiger partial charge in [-0.05, 0) is 0 Å². The summed E-state index contributed by atoms with van der Waals surface area (Å²) in [6.07, 6.45) is -1.92. The number of hydrogen-bond donors (Lipinski definition) is 6. The van der Waals surface area contributed by atoms with Crippen molar-refractivity contribution in [1.82, 2.24) is 9.55 Å².